The molecule has 5 aromatic rings. The molecule has 0 spiro atoms. The maximum atomic E-state index is 3.66. The topological polar surface area (TPSA) is 0 Å². The summed E-state index contributed by atoms with van der Waals surface area (Å²) in [6.07, 6.45) is 0. The molecule has 5 aromatic carbocycles. The molecule has 0 radical (unpaired) electrons. The van der Waals surface area contributed by atoms with Crippen molar-refractivity contribution in [1.29, 1.82) is 0 Å². The van der Waals surface area contributed by atoms with Crippen LogP contribution in [0.25, 0.3) is 22.3 Å². The van der Waals surface area contributed by atoms with Gasteiger partial charge in [-0.25, -0.2) is 0 Å². The van der Waals surface area contributed by atoms with E-state index in [0.29, 0.717) is 0 Å². The lowest BCUT2D eigenvalue weighted by Crippen LogP contribution is -2.03. The van der Waals surface area contributed by atoms with Crippen LogP contribution in [0.1, 0.15) is 39.3 Å². The molecule has 0 amide bonds. The minimum atomic E-state index is 0.0364. The van der Waals surface area contributed by atoms with Gasteiger partial charge in [0.25, 0.3) is 0 Å². The third-order valence-corrected chi connectivity index (χ3v) is 9.47. The summed E-state index contributed by atoms with van der Waals surface area (Å²) in [6, 6.07) is 44.0. The molecule has 0 heterocycles. The van der Waals surface area contributed by atoms with Crippen molar-refractivity contribution in [2.45, 2.75) is 12.8 Å². The first-order valence-electron chi connectivity index (χ1n) is 13.0. The lowest BCUT2D eigenvalue weighted by atomic mass is 9.81. The smallest absolute Gasteiger partial charge is 0.0364 e. The van der Waals surface area contributed by atoms with Gasteiger partial charge in [-0.3, -0.25) is 0 Å². The second-order valence-corrected chi connectivity index (χ2v) is 13.6. The summed E-state index contributed by atoms with van der Waals surface area (Å²) >= 11 is 14.6. The summed E-state index contributed by atoms with van der Waals surface area (Å²) in [6.45, 7) is 2.15. The third-order valence-electron chi connectivity index (χ3n) is 7.35. The summed E-state index contributed by atoms with van der Waals surface area (Å²) in [4.78, 5) is 0. The van der Waals surface area contributed by atoms with Gasteiger partial charge >= 0.3 is 0 Å². The van der Waals surface area contributed by atoms with E-state index in [4.69, 9.17) is 0 Å². The number of hydrogen-bond acceptors (Lipinski definition) is 0. The lowest BCUT2D eigenvalue weighted by Gasteiger charge is -2.22. The Labute approximate surface area is 269 Å². The molecular formula is C36H24Br4. The Balaban J connectivity index is 1.77. The van der Waals surface area contributed by atoms with Crippen LogP contribution in [0.3, 0.4) is 0 Å². The van der Waals surface area contributed by atoms with E-state index >= 15 is 0 Å². The van der Waals surface area contributed by atoms with Crippen molar-refractivity contribution >= 4 is 86.0 Å². The average Bonchev–Trinajstić information content (AvgIpc) is 3.31. The quantitative estimate of drug-likeness (QED) is 0.167. The van der Waals surface area contributed by atoms with Gasteiger partial charge in [-0.2, -0.15) is 0 Å². The van der Waals surface area contributed by atoms with Gasteiger partial charge in [0, 0.05) is 23.8 Å². The van der Waals surface area contributed by atoms with E-state index in [1.54, 1.807) is 0 Å². The molecule has 1 aliphatic carbocycles. The highest BCUT2D eigenvalue weighted by Crippen LogP contribution is 2.58. The Morgan fingerprint density at radius 3 is 1.05 bits per heavy atom. The zero-order valence-electron chi connectivity index (χ0n) is 21.6. The van der Waals surface area contributed by atoms with E-state index in [1.807, 2.05) is 0 Å². The van der Waals surface area contributed by atoms with Crippen molar-refractivity contribution in [3.8, 4) is 0 Å². The highest BCUT2D eigenvalue weighted by atomic mass is 79.9. The molecule has 1 unspecified atom stereocenters. The summed E-state index contributed by atoms with van der Waals surface area (Å²) in [7, 11) is 0. The molecule has 0 aliphatic heterocycles. The Kier molecular flexibility index (Phi) is 8.14. The molecule has 0 fully saturated rings. The molecule has 0 saturated carbocycles. The minimum Gasteiger partial charge on any atom is -0.0587 e. The van der Waals surface area contributed by atoms with Crippen LogP contribution in [0.15, 0.2) is 139 Å². The standard InChI is InChI=1S/C36H24Br4/c1-22-2-4-23(5-3-22)32-33(24-6-14-28(37)15-7-24)35(26-10-18-30(39)19-11-26)36(27-12-20-31(40)21-13-27)34(32)25-8-16-29(38)17-9-25/h2-21,33H,1H3. The second-order valence-electron chi connectivity index (χ2n) is 9.95. The first-order valence-corrected chi connectivity index (χ1v) is 16.2. The van der Waals surface area contributed by atoms with Crippen molar-refractivity contribution in [2.75, 3.05) is 0 Å². The van der Waals surface area contributed by atoms with Crippen molar-refractivity contribution in [2.24, 2.45) is 0 Å². The highest BCUT2D eigenvalue weighted by Gasteiger charge is 2.37. The average molecular weight is 776 g/mol. The van der Waals surface area contributed by atoms with E-state index in [-0.39, 0.29) is 5.92 Å². The highest BCUT2D eigenvalue weighted by molar-refractivity contribution is 9.11. The monoisotopic (exact) mass is 772 g/mol. The number of benzene rings is 5. The Morgan fingerprint density at radius 2 is 0.675 bits per heavy atom. The van der Waals surface area contributed by atoms with Gasteiger partial charge in [0.05, 0.1) is 0 Å². The van der Waals surface area contributed by atoms with Crippen LogP contribution in [0.2, 0.25) is 0 Å². The summed E-state index contributed by atoms with van der Waals surface area (Å²) in [5.74, 6) is 0.0364. The summed E-state index contributed by atoms with van der Waals surface area (Å²) < 4.78 is 4.28. The third kappa shape index (κ3) is 5.52. The summed E-state index contributed by atoms with van der Waals surface area (Å²) in [5, 5.41) is 0. The molecule has 196 valence electrons. The molecule has 0 nitrogen and oxygen atoms in total. The predicted octanol–water partition coefficient (Wildman–Crippen LogP) is 12.4. The Morgan fingerprint density at radius 1 is 0.375 bits per heavy atom. The van der Waals surface area contributed by atoms with Crippen molar-refractivity contribution < 1.29 is 0 Å². The fourth-order valence-corrected chi connectivity index (χ4v) is 6.57. The van der Waals surface area contributed by atoms with Gasteiger partial charge in [0.2, 0.25) is 0 Å². The summed E-state index contributed by atoms with van der Waals surface area (Å²) in [5.41, 5.74) is 12.5. The molecule has 0 N–H and O–H groups in total. The molecule has 1 atom stereocenters. The van der Waals surface area contributed by atoms with Crippen LogP contribution in [0.5, 0.6) is 0 Å². The van der Waals surface area contributed by atoms with Gasteiger partial charge in [-0.15, -0.1) is 0 Å². The minimum absolute atomic E-state index is 0.0364. The van der Waals surface area contributed by atoms with Crippen LogP contribution >= 0.6 is 63.7 Å². The molecule has 40 heavy (non-hydrogen) atoms. The van der Waals surface area contributed by atoms with Crippen LogP contribution in [-0.2, 0) is 0 Å². The zero-order chi connectivity index (χ0) is 27.8. The number of halogens is 4. The van der Waals surface area contributed by atoms with Crippen molar-refractivity contribution in [3.05, 3.63) is 173 Å². The van der Waals surface area contributed by atoms with E-state index in [9.17, 15) is 0 Å². The maximum absolute atomic E-state index is 3.66. The molecule has 6 rings (SSSR count). The van der Waals surface area contributed by atoms with Crippen molar-refractivity contribution in [1.82, 2.24) is 0 Å². The van der Waals surface area contributed by atoms with E-state index in [0.717, 1.165) is 17.9 Å². The predicted molar refractivity (Wildman–Crippen MR) is 184 cm³/mol. The first kappa shape index (κ1) is 27.7. The van der Waals surface area contributed by atoms with Gasteiger partial charge in [-0.05, 0) is 106 Å². The van der Waals surface area contributed by atoms with Crippen LogP contribution in [-0.4, -0.2) is 0 Å². The van der Waals surface area contributed by atoms with Gasteiger partial charge in [0.1, 0.15) is 0 Å². The normalized spacial score (nSPS) is 15.2. The van der Waals surface area contributed by atoms with Gasteiger partial charge in [-0.1, -0.05) is 142 Å². The van der Waals surface area contributed by atoms with Crippen molar-refractivity contribution in [3.63, 3.8) is 0 Å². The first-order chi connectivity index (χ1) is 19.4. The molecule has 0 saturated heterocycles. The number of hydrogen-bond donors (Lipinski definition) is 0. The fourth-order valence-electron chi connectivity index (χ4n) is 5.51. The maximum Gasteiger partial charge on any atom is 0.0364 e. The van der Waals surface area contributed by atoms with Crippen LogP contribution in [0.4, 0.5) is 0 Å². The molecule has 0 aromatic heterocycles. The number of rotatable bonds is 5. The lowest BCUT2D eigenvalue weighted by molar-refractivity contribution is 1.14. The van der Waals surface area contributed by atoms with E-state index in [1.165, 1.54) is 55.7 Å². The van der Waals surface area contributed by atoms with Gasteiger partial charge < -0.3 is 0 Å². The molecule has 0 bridgehead atoms. The number of allylic oxidation sites excluding steroid dienone is 4. The SMILES string of the molecule is Cc1ccc(C2=C(c3ccc(Br)cc3)C(c3ccc(Br)cc3)=C(c3ccc(Br)cc3)C2c2ccc(Br)cc2)cc1. The molecule has 1 aliphatic rings. The fraction of sp³-hybridized carbons (Fsp3) is 0.0556. The van der Waals surface area contributed by atoms with E-state index < -0.39 is 0 Å². The Bertz CT molecular complexity index is 1610. The Hall–Kier alpha value is -2.50. The number of aryl methyl sites for hydroxylation is 1. The van der Waals surface area contributed by atoms with E-state index in [2.05, 4.69) is 192 Å². The van der Waals surface area contributed by atoms with Gasteiger partial charge in [0.15, 0.2) is 0 Å². The largest absolute Gasteiger partial charge is 0.0587 e. The second kappa shape index (κ2) is 11.8. The molecular weight excluding hydrogens is 752 g/mol. The van der Waals surface area contributed by atoms with Crippen LogP contribution < -0.4 is 0 Å². The molecule has 4 heteroatoms. The van der Waals surface area contributed by atoms with Crippen LogP contribution in [0, 0.1) is 6.92 Å². The zero-order valence-corrected chi connectivity index (χ0v) is 28.0.